The van der Waals surface area contributed by atoms with E-state index in [9.17, 15) is 9.59 Å². The molecule has 2 N–H and O–H groups in total. The summed E-state index contributed by atoms with van der Waals surface area (Å²) in [5.74, 6) is -0.417. The highest BCUT2D eigenvalue weighted by Crippen LogP contribution is 2.16. The molecule has 0 unspecified atom stereocenters. The van der Waals surface area contributed by atoms with Crippen LogP contribution in [0.2, 0.25) is 0 Å². The number of thiophene rings is 1. The van der Waals surface area contributed by atoms with Crippen molar-refractivity contribution < 1.29 is 19.4 Å². The van der Waals surface area contributed by atoms with Crippen molar-refractivity contribution >= 4 is 23.2 Å². The molecule has 1 aromatic carbocycles. The molecule has 6 heteroatoms. The Morgan fingerprint density at radius 3 is 2.41 bits per heavy atom. The van der Waals surface area contributed by atoms with E-state index in [0.29, 0.717) is 11.4 Å². The number of aryl methyl sites for hydroxylation is 1. The molecule has 0 radical (unpaired) electrons. The van der Waals surface area contributed by atoms with Crippen LogP contribution in [-0.2, 0) is 6.42 Å². The zero-order chi connectivity index (χ0) is 15.9. The van der Waals surface area contributed by atoms with Crippen LogP contribution in [0.1, 0.15) is 31.3 Å². The number of nitrogens with one attached hydrogen (secondary N) is 1. The van der Waals surface area contributed by atoms with Gasteiger partial charge >= 0.3 is 5.97 Å². The average Bonchev–Trinajstić information content (AvgIpc) is 3.02. The molecule has 0 atom stereocenters. The fraction of sp³-hybridized carbons (Fsp3) is 0.250. The number of amides is 1. The number of benzene rings is 1. The summed E-state index contributed by atoms with van der Waals surface area (Å²) >= 11 is 0.982. The van der Waals surface area contributed by atoms with Crippen molar-refractivity contribution in [1.82, 2.24) is 5.32 Å². The second-order valence-corrected chi connectivity index (χ2v) is 5.76. The SMILES string of the molecule is COc1ccc(CCCNC(=O)c2ccc(C(=O)O)s2)cc1. The summed E-state index contributed by atoms with van der Waals surface area (Å²) < 4.78 is 5.10. The molecular weight excluding hydrogens is 302 g/mol. The molecule has 22 heavy (non-hydrogen) atoms. The van der Waals surface area contributed by atoms with Crippen LogP contribution >= 0.6 is 11.3 Å². The minimum absolute atomic E-state index is 0.170. The first-order valence-electron chi connectivity index (χ1n) is 6.84. The predicted molar refractivity (Wildman–Crippen MR) is 84.9 cm³/mol. The van der Waals surface area contributed by atoms with Gasteiger partial charge in [-0.25, -0.2) is 4.79 Å². The Morgan fingerprint density at radius 2 is 1.82 bits per heavy atom. The Bertz CT molecular complexity index is 648. The molecule has 1 heterocycles. The van der Waals surface area contributed by atoms with Gasteiger partial charge in [0.2, 0.25) is 0 Å². The van der Waals surface area contributed by atoms with E-state index in [-0.39, 0.29) is 10.8 Å². The fourth-order valence-corrected chi connectivity index (χ4v) is 2.71. The Balaban J connectivity index is 1.75. The molecule has 0 fully saturated rings. The molecule has 0 bridgehead atoms. The third kappa shape index (κ3) is 4.33. The molecule has 0 aliphatic rings. The smallest absolute Gasteiger partial charge is 0.345 e. The molecule has 5 nitrogen and oxygen atoms in total. The third-order valence-corrected chi connectivity index (χ3v) is 4.20. The zero-order valence-corrected chi connectivity index (χ0v) is 13.0. The number of carboxylic acid groups (broad SMARTS) is 1. The van der Waals surface area contributed by atoms with E-state index >= 15 is 0 Å². The van der Waals surface area contributed by atoms with Gasteiger partial charge in [-0.3, -0.25) is 4.79 Å². The van der Waals surface area contributed by atoms with Gasteiger partial charge in [0.1, 0.15) is 10.6 Å². The number of hydrogen-bond donors (Lipinski definition) is 2. The van der Waals surface area contributed by atoms with Crippen molar-refractivity contribution in [2.45, 2.75) is 12.8 Å². The predicted octanol–water partition coefficient (Wildman–Crippen LogP) is 2.82. The van der Waals surface area contributed by atoms with E-state index in [0.717, 1.165) is 29.9 Å². The lowest BCUT2D eigenvalue weighted by Crippen LogP contribution is -2.23. The maximum absolute atomic E-state index is 11.9. The molecule has 0 aliphatic heterocycles. The van der Waals surface area contributed by atoms with Crippen LogP contribution in [0.15, 0.2) is 36.4 Å². The Labute approximate surface area is 132 Å². The summed E-state index contributed by atoms with van der Waals surface area (Å²) in [6.07, 6.45) is 1.67. The summed E-state index contributed by atoms with van der Waals surface area (Å²) in [7, 11) is 1.63. The van der Waals surface area contributed by atoms with Gasteiger partial charge in [-0.2, -0.15) is 0 Å². The summed E-state index contributed by atoms with van der Waals surface area (Å²) in [4.78, 5) is 23.2. The molecule has 1 aromatic heterocycles. The average molecular weight is 319 g/mol. The monoisotopic (exact) mass is 319 g/mol. The van der Waals surface area contributed by atoms with Crippen molar-refractivity contribution in [2.75, 3.05) is 13.7 Å². The van der Waals surface area contributed by atoms with Crippen LogP contribution in [-0.4, -0.2) is 30.6 Å². The molecule has 0 spiro atoms. The second-order valence-electron chi connectivity index (χ2n) is 4.68. The van der Waals surface area contributed by atoms with Gasteiger partial charge in [-0.05, 0) is 42.7 Å². The lowest BCUT2D eigenvalue weighted by Gasteiger charge is -2.05. The first-order chi connectivity index (χ1) is 10.6. The van der Waals surface area contributed by atoms with Crippen molar-refractivity contribution in [2.24, 2.45) is 0 Å². The second kappa shape index (κ2) is 7.61. The number of aromatic carboxylic acids is 1. The summed E-state index contributed by atoms with van der Waals surface area (Å²) in [6, 6.07) is 10.8. The number of methoxy groups -OCH3 is 1. The lowest BCUT2D eigenvalue weighted by molar-refractivity contribution is 0.0702. The highest BCUT2D eigenvalue weighted by molar-refractivity contribution is 7.15. The topological polar surface area (TPSA) is 75.6 Å². The van der Waals surface area contributed by atoms with E-state index in [1.54, 1.807) is 7.11 Å². The molecule has 0 saturated heterocycles. The van der Waals surface area contributed by atoms with Crippen LogP contribution in [0.5, 0.6) is 5.75 Å². The Kier molecular flexibility index (Phi) is 5.55. The molecule has 1 amide bonds. The summed E-state index contributed by atoms with van der Waals surface area (Å²) in [5, 5.41) is 11.6. The van der Waals surface area contributed by atoms with E-state index in [2.05, 4.69) is 5.32 Å². The van der Waals surface area contributed by atoms with E-state index < -0.39 is 5.97 Å². The molecule has 2 aromatic rings. The largest absolute Gasteiger partial charge is 0.497 e. The van der Waals surface area contributed by atoms with Crippen molar-refractivity contribution in [3.05, 3.63) is 51.7 Å². The minimum atomic E-state index is -1.01. The van der Waals surface area contributed by atoms with Crippen molar-refractivity contribution in [3.63, 3.8) is 0 Å². The van der Waals surface area contributed by atoms with Gasteiger partial charge in [0.05, 0.1) is 12.0 Å². The van der Waals surface area contributed by atoms with Gasteiger partial charge in [0, 0.05) is 6.54 Å². The molecular formula is C16H17NO4S. The lowest BCUT2D eigenvalue weighted by atomic mass is 10.1. The van der Waals surface area contributed by atoms with Crippen molar-refractivity contribution in [3.8, 4) is 5.75 Å². The molecule has 116 valence electrons. The summed E-state index contributed by atoms with van der Waals surface area (Å²) in [6.45, 7) is 0.547. The maximum Gasteiger partial charge on any atom is 0.345 e. The normalized spacial score (nSPS) is 10.2. The van der Waals surface area contributed by atoms with Gasteiger partial charge in [-0.15, -0.1) is 11.3 Å². The first-order valence-corrected chi connectivity index (χ1v) is 7.66. The number of rotatable bonds is 7. The fourth-order valence-electron chi connectivity index (χ4n) is 1.95. The standard InChI is InChI=1S/C16H17NO4S/c1-21-12-6-4-11(5-7-12)3-2-10-17-15(18)13-8-9-14(22-13)16(19)20/h4-9H,2-3,10H2,1H3,(H,17,18)(H,19,20). The quantitative estimate of drug-likeness (QED) is 0.770. The molecule has 2 rings (SSSR count). The number of hydrogen-bond acceptors (Lipinski definition) is 4. The van der Waals surface area contributed by atoms with Gasteiger partial charge in [-0.1, -0.05) is 12.1 Å². The van der Waals surface area contributed by atoms with E-state index in [1.165, 1.54) is 17.7 Å². The molecule has 0 aliphatic carbocycles. The third-order valence-electron chi connectivity index (χ3n) is 3.13. The molecule has 0 saturated carbocycles. The van der Waals surface area contributed by atoms with E-state index in [4.69, 9.17) is 9.84 Å². The van der Waals surface area contributed by atoms with Crippen LogP contribution in [0.3, 0.4) is 0 Å². The first kappa shape index (κ1) is 16.0. The van der Waals surface area contributed by atoms with E-state index in [1.807, 2.05) is 24.3 Å². The van der Waals surface area contributed by atoms with Crippen LogP contribution in [0, 0.1) is 0 Å². The number of carboxylic acids is 1. The minimum Gasteiger partial charge on any atom is -0.497 e. The zero-order valence-electron chi connectivity index (χ0n) is 12.2. The van der Waals surface area contributed by atoms with Gasteiger partial charge < -0.3 is 15.2 Å². The van der Waals surface area contributed by atoms with Crippen LogP contribution < -0.4 is 10.1 Å². The number of carbonyl (C=O) groups excluding carboxylic acids is 1. The highest BCUT2D eigenvalue weighted by Gasteiger charge is 2.12. The van der Waals surface area contributed by atoms with Crippen LogP contribution in [0.25, 0.3) is 0 Å². The van der Waals surface area contributed by atoms with Gasteiger partial charge in [0.15, 0.2) is 0 Å². The Hall–Kier alpha value is -2.34. The number of ether oxygens (including phenoxy) is 1. The number of carbonyl (C=O) groups is 2. The maximum atomic E-state index is 11.9. The highest BCUT2D eigenvalue weighted by atomic mass is 32.1. The van der Waals surface area contributed by atoms with Gasteiger partial charge in [0.25, 0.3) is 5.91 Å². The van der Waals surface area contributed by atoms with Crippen molar-refractivity contribution in [1.29, 1.82) is 0 Å². The summed E-state index contributed by atoms with van der Waals surface area (Å²) in [5.41, 5.74) is 1.18. The van der Waals surface area contributed by atoms with Crippen LogP contribution in [0.4, 0.5) is 0 Å². The Morgan fingerprint density at radius 1 is 1.14 bits per heavy atom.